The Bertz CT molecular complexity index is 468. The number of aromatic amines is 1. The SMILES string of the molecule is CNCc1c(-c2ccco2)n[nH]c1C1CC1. The van der Waals surface area contributed by atoms with E-state index < -0.39 is 0 Å². The first-order chi connectivity index (χ1) is 7.90. The summed E-state index contributed by atoms with van der Waals surface area (Å²) in [6, 6.07) is 3.84. The minimum absolute atomic E-state index is 0.680. The molecule has 0 spiro atoms. The molecule has 3 rings (SSSR count). The van der Waals surface area contributed by atoms with Crippen molar-refractivity contribution in [3.63, 3.8) is 0 Å². The van der Waals surface area contributed by atoms with E-state index in [2.05, 4.69) is 15.5 Å². The number of hydrogen-bond donors (Lipinski definition) is 2. The highest BCUT2D eigenvalue weighted by Gasteiger charge is 2.30. The Hall–Kier alpha value is -1.55. The number of furan rings is 1. The van der Waals surface area contributed by atoms with Crippen LogP contribution < -0.4 is 5.32 Å². The van der Waals surface area contributed by atoms with Crippen LogP contribution in [0.1, 0.15) is 30.0 Å². The zero-order chi connectivity index (χ0) is 11.0. The predicted molar refractivity (Wildman–Crippen MR) is 61.0 cm³/mol. The van der Waals surface area contributed by atoms with Gasteiger partial charge in [0.25, 0.3) is 0 Å². The minimum Gasteiger partial charge on any atom is -0.463 e. The summed E-state index contributed by atoms with van der Waals surface area (Å²) in [7, 11) is 1.95. The fourth-order valence-electron chi connectivity index (χ4n) is 2.06. The summed E-state index contributed by atoms with van der Waals surface area (Å²) >= 11 is 0. The molecule has 1 fully saturated rings. The summed E-state index contributed by atoms with van der Waals surface area (Å²) in [5, 5.41) is 10.7. The van der Waals surface area contributed by atoms with Gasteiger partial charge in [-0.15, -0.1) is 0 Å². The van der Waals surface area contributed by atoms with Gasteiger partial charge in [-0.2, -0.15) is 5.10 Å². The molecule has 0 bridgehead atoms. The molecule has 2 N–H and O–H groups in total. The lowest BCUT2D eigenvalue weighted by molar-refractivity contribution is 0.578. The van der Waals surface area contributed by atoms with Crippen LogP contribution in [0.2, 0.25) is 0 Å². The van der Waals surface area contributed by atoms with Gasteiger partial charge in [0.2, 0.25) is 0 Å². The first-order valence-electron chi connectivity index (χ1n) is 5.65. The van der Waals surface area contributed by atoms with Gasteiger partial charge in [-0.3, -0.25) is 5.10 Å². The van der Waals surface area contributed by atoms with Crippen LogP contribution in [0.3, 0.4) is 0 Å². The number of nitrogens with zero attached hydrogens (tertiary/aromatic N) is 1. The van der Waals surface area contributed by atoms with Crippen molar-refractivity contribution in [2.24, 2.45) is 0 Å². The van der Waals surface area contributed by atoms with Crippen LogP contribution >= 0.6 is 0 Å². The molecule has 1 aliphatic rings. The Balaban J connectivity index is 2.03. The van der Waals surface area contributed by atoms with Crippen molar-refractivity contribution in [3.05, 3.63) is 29.7 Å². The van der Waals surface area contributed by atoms with Gasteiger partial charge in [0, 0.05) is 23.7 Å². The van der Waals surface area contributed by atoms with E-state index in [1.807, 2.05) is 19.2 Å². The molecule has 0 atom stereocenters. The van der Waals surface area contributed by atoms with Crippen LogP contribution in [-0.4, -0.2) is 17.2 Å². The maximum Gasteiger partial charge on any atom is 0.154 e. The quantitative estimate of drug-likeness (QED) is 0.826. The molecule has 4 heteroatoms. The first kappa shape index (κ1) is 9.66. The van der Waals surface area contributed by atoms with Crippen LogP contribution in [0, 0.1) is 0 Å². The molecule has 0 unspecified atom stereocenters. The molecule has 1 saturated carbocycles. The van der Waals surface area contributed by atoms with E-state index in [1.54, 1.807) is 6.26 Å². The Morgan fingerprint density at radius 3 is 3.06 bits per heavy atom. The monoisotopic (exact) mass is 217 g/mol. The lowest BCUT2D eigenvalue weighted by Gasteiger charge is -2.02. The molecular weight excluding hydrogens is 202 g/mol. The van der Waals surface area contributed by atoms with Crippen LogP contribution in [0.5, 0.6) is 0 Å². The van der Waals surface area contributed by atoms with Gasteiger partial charge in [-0.1, -0.05) is 0 Å². The van der Waals surface area contributed by atoms with Crippen molar-refractivity contribution in [1.29, 1.82) is 0 Å². The summed E-state index contributed by atoms with van der Waals surface area (Å²) in [5.74, 6) is 1.52. The number of H-pyrrole nitrogens is 1. The summed E-state index contributed by atoms with van der Waals surface area (Å²) < 4.78 is 5.41. The zero-order valence-electron chi connectivity index (χ0n) is 9.29. The molecule has 2 aromatic rings. The Morgan fingerprint density at radius 1 is 1.56 bits per heavy atom. The maximum atomic E-state index is 5.41. The number of rotatable bonds is 4. The molecule has 2 aromatic heterocycles. The van der Waals surface area contributed by atoms with Gasteiger partial charge >= 0.3 is 0 Å². The average Bonchev–Trinajstić information content (AvgIpc) is 2.84. The third-order valence-electron chi connectivity index (χ3n) is 2.99. The molecule has 0 radical (unpaired) electrons. The molecule has 0 amide bonds. The second-order valence-electron chi connectivity index (χ2n) is 4.25. The van der Waals surface area contributed by atoms with E-state index in [0.717, 1.165) is 18.0 Å². The van der Waals surface area contributed by atoms with E-state index in [4.69, 9.17) is 4.42 Å². The Morgan fingerprint density at radius 2 is 2.44 bits per heavy atom. The standard InChI is InChI=1S/C12H15N3O/c1-13-7-9-11(8-4-5-8)14-15-12(9)10-3-2-6-16-10/h2-3,6,8,13H,4-5,7H2,1H3,(H,14,15). The van der Waals surface area contributed by atoms with Gasteiger partial charge in [-0.05, 0) is 32.0 Å². The van der Waals surface area contributed by atoms with Crippen molar-refractivity contribution < 1.29 is 4.42 Å². The fourth-order valence-corrected chi connectivity index (χ4v) is 2.06. The Labute approximate surface area is 94.0 Å². The Kier molecular flexibility index (Phi) is 2.29. The van der Waals surface area contributed by atoms with Crippen LogP contribution in [0.15, 0.2) is 22.8 Å². The zero-order valence-corrected chi connectivity index (χ0v) is 9.29. The summed E-state index contributed by atoms with van der Waals surface area (Å²) in [6.45, 7) is 0.832. The largest absolute Gasteiger partial charge is 0.463 e. The summed E-state index contributed by atoms with van der Waals surface area (Å²) in [6.07, 6.45) is 4.23. The van der Waals surface area contributed by atoms with Crippen molar-refractivity contribution >= 4 is 0 Å². The van der Waals surface area contributed by atoms with Gasteiger partial charge in [0.1, 0.15) is 5.69 Å². The van der Waals surface area contributed by atoms with E-state index in [0.29, 0.717) is 5.92 Å². The van der Waals surface area contributed by atoms with Crippen molar-refractivity contribution in [1.82, 2.24) is 15.5 Å². The first-order valence-corrected chi connectivity index (χ1v) is 5.65. The van der Waals surface area contributed by atoms with Gasteiger partial charge in [-0.25, -0.2) is 0 Å². The van der Waals surface area contributed by atoms with Crippen LogP contribution in [-0.2, 0) is 6.54 Å². The topological polar surface area (TPSA) is 53.9 Å². The molecule has 2 heterocycles. The highest BCUT2D eigenvalue weighted by atomic mass is 16.3. The molecule has 16 heavy (non-hydrogen) atoms. The maximum absolute atomic E-state index is 5.41. The van der Waals surface area contributed by atoms with Crippen molar-refractivity contribution in [2.45, 2.75) is 25.3 Å². The normalized spacial score (nSPS) is 15.6. The van der Waals surface area contributed by atoms with E-state index in [9.17, 15) is 0 Å². The molecule has 4 nitrogen and oxygen atoms in total. The van der Waals surface area contributed by atoms with Crippen LogP contribution in [0.25, 0.3) is 11.5 Å². The second kappa shape index (κ2) is 3.79. The lowest BCUT2D eigenvalue weighted by atomic mass is 10.1. The highest BCUT2D eigenvalue weighted by Crippen LogP contribution is 2.42. The van der Waals surface area contributed by atoms with E-state index >= 15 is 0 Å². The predicted octanol–water partition coefficient (Wildman–Crippen LogP) is 2.27. The number of aromatic nitrogens is 2. The molecule has 0 aromatic carbocycles. The van der Waals surface area contributed by atoms with Crippen LogP contribution in [0.4, 0.5) is 0 Å². The third-order valence-corrected chi connectivity index (χ3v) is 2.99. The second-order valence-corrected chi connectivity index (χ2v) is 4.25. The summed E-state index contributed by atoms with van der Waals surface area (Å²) in [4.78, 5) is 0. The molecule has 84 valence electrons. The minimum atomic E-state index is 0.680. The molecule has 0 saturated heterocycles. The van der Waals surface area contributed by atoms with E-state index in [-0.39, 0.29) is 0 Å². The van der Waals surface area contributed by atoms with Gasteiger partial charge < -0.3 is 9.73 Å². The average molecular weight is 217 g/mol. The smallest absolute Gasteiger partial charge is 0.154 e. The third kappa shape index (κ3) is 1.55. The highest BCUT2D eigenvalue weighted by molar-refractivity contribution is 5.59. The summed E-state index contributed by atoms with van der Waals surface area (Å²) in [5.41, 5.74) is 3.47. The number of nitrogens with one attached hydrogen (secondary N) is 2. The van der Waals surface area contributed by atoms with Crippen molar-refractivity contribution in [3.8, 4) is 11.5 Å². The van der Waals surface area contributed by atoms with Gasteiger partial charge in [0.15, 0.2) is 5.76 Å². The van der Waals surface area contributed by atoms with Crippen molar-refractivity contribution in [2.75, 3.05) is 7.05 Å². The molecular formula is C12H15N3O. The molecule has 0 aliphatic heterocycles. The van der Waals surface area contributed by atoms with E-state index in [1.165, 1.54) is 24.1 Å². The molecule has 1 aliphatic carbocycles. The number of hydrogen-bond acceptors (Lipinski definition) is 3. The fraction of sp³-hybridized carbons (Fsp3) is 0.417. The lowest BCUT2D eigenvalue weighted by Crippen LogP contribution is -2.07. The van der Waals surface area contributed by atoms with Gasteiger partial charge in [0.05, 0.1) is 6.26 Å².